The standard InChI is InChI=1S/C13H21N3O4S2/c1-10(14)11-7-8-16(9-11)22(19,20)13-5-3-12(4-6-13)21(17,18)15-2/h3-6,10-11,15H,7-9,14H2,1-2H3. The molecule has 124 valence electrons. The van der Waals surface area contributed by atoms with Crippen LogP contribution in [0.2, 0.25) is 0 Å². The highest BCUT2D eigenvalue weighted by Crippen LogP contribution is 2.26. The molecule has 1 fully saturated rings. The second-order valence-corrected chi connectivity index (χ2v) is 9.27. The summed E-state index contributed by atoms with van der Waals surface area (Å²) in [4.78, 5) is 0.122. The van der Waals surface area contributed by atoms with Gasteiger partial charge in [-0.2, -0.15) is 4.31 Å². The zero-order valence-corrected chi connectivity index (χ0v) is 14.2. The van der Waals surface area contributed by atoms with Crippen molar-refractivity contribution in [3.63, 3.8) is 0 Å². The van der Waals surface area contributed by atoms with Crippen LogP contribution in [0.5, 0.6) is 0 Å². The summed E-state index contributed by atoms with van der Waals surface area (Å²) in [5, 5.41) is 0. The molecular formula is C13H21N3O4S2. The molecule has 0 amide bonds. The van der Waals surface area contributed by atoms with E-state index in [1.165, 1.54) is 35.6 Å². The Morgan fingerprint density at radius 3 is 2.18 bits per heavy atom. The van der Waals surface area contributed by atoms with Crippen LogP contribution in [0.3, 0.4) is 0 Å². The lowest BCUT2D eigenvalue weighted by Crippen LogP contribution is -2.33. The fourth-order valence-corrected chi connectivity index (χ4v) is 4.70. The zero-order chi connectivity index (χ0) is 16.5. The number of nitrogens with one attached hydrogen (secondary N) is 1. The lowest BCUT2D eigenvalue weighted by Gasteiger charge is -2.18. The Balaban J connectivity index is 2.24. The van der Waals surface area contributed by atoms with Crippen molar-refractivity contribution in [2.24, 2.45) is 11.7 Å². The maximum absolute atomic E-state index is 12.6. The van der Waals surface area contributed by atoms with E-state index in [4.69, 9.17) is 5.73 Å². The molecule has 0 radical (unpaired) electrons. The molecule has 1 aliphatic heterocycles. The van der Waals surface area contributed by atoms with Gasteiger partial charge >= 0.3 is 0 Å². The minimum atomic E-state index is -3.61. The number of rotatable bonds is 5. The van der Waals surface area contributed by atoms with E-state index in [1.807, 2.05) is 6.92 Å². The maximum atomic E-state index is 12.6. The Morgan fingerprint density at radius 2 is 1.73 bits per heavy atom. The molecule has 1 saturated heterocycles. The average Bonchev–Trinajstić information content (AvgIpc) is 2.98. The van der Waals surface area contributed by atoms with Crippen LogP contribution in [-0.2, 0) is 20.0 Å². The van der Waals surface area contributed by atoms with Crippen molar-refractivity contribution >= 4 is 20.0 Å². The topological polar surface area (TPSA) is 110 Å². The Hall–Kier alpha value is -1.00. The van der Waals surface area contributed by atoms with Crippen LogP contribution in [0.25, 0.3) is 0 Å². The van der Waals surface area contributed by atoms with E-state index >= 15 is 0 Å². The lowest BCUT2D eigenvalue weighted by atomic mass is 10.0. The van der Waals surface area contributed by atoms with E-state index in [9.17, 15) is 16.8 Å². The van der Waals surface area contributed by atoms with Crippen LogP contribution in [0.4, 0.5) is 0 Å². The maximum Gasteiger partial charge on any atom is 0.243 e. The molecule has 7 nitrogen and oxygen atoms in total. The van der Waals surface area contributed by atoms with Gasteiger partial charge in [0.05, 0.1) is 9.79 Å². The average molecular weight is 347 g/mol. The monoisotopic (exact) mass is 347 g/mol. The summed E-state index contributed by atoms with van der Waals surface area (Å²) in [6.45, 7) is 2.71. The van der Waals surface area contributed by atoms with Crippen LogP contribution in [0.15, 0.2) is 34.1 Å². The normalized spacial score (nSPS) is 21.9. The minimum Gasteiger partial charge on any atom is -0.328 e. The van der Waals surface area contributed by atoms with Crippen molar-refractivity contribution in [2.45, 2.75) is 29.2 Å². The number of hydrogen-bond acceptors (Lipinski definition) is 5. The fraction of sp³-hybridized carbons (Fsp3) is 0.538. The summed E-state index contributed by atoms with van der Waals surface area (Å²) in [5.74, 6) is 0.152. The summed E-state index contributed by atoms with van der Waals surface area (Å²) >= 11 is 0. The Morgan fingerprint density at radius 1 is 1.18 bits per heavy atom. The van der Waals surface area contributed by atoms with Gasteiger partial charge < -0.3 is 5.73 Å². The summed E-state index contributed by atoms with van der Waals surface area (Å²) in [6.07, 6.45) is 0.739. The van der Waals surface area contributed by atoms with Crippen molar-refractivity contribution in [3.05, 3.63) is 24.3 Å². The van der Waals surface area contributed by atoms with Gasteiger partial charge in [0.1, 0.15) is 0 Å². The van der Waals surface area contributed by atoms with Gasteiger partial charge in [0.25, 0.3) is 0 Å². The third-order valence-electron chi connectivity index (χ3n) is 3.97. The molecule has 1 aliphatic rings. The Bertz CT molecular complexity index is 727. The van der Waals surface area contributed by atoms with Gasteiger partial charge in [-0.05, 0) is 50.6 Å². The second-order valence-electron chi connectivity index (χ2n) is 5.45. The van der Waals surface area contributed by atoms with E-state index < -0.39 is 20.0 Å². The van der Waals surface area contributed by atoms with E-state index in [0.29, 0.717) is 13.1 Å². The first-order valence-corrected chi connectivity index (χ1v) is 9.90. The molecule has 3 N–H and O–H groups in total. The highest BCUT2D eigenvalue weighted by atomic mass is 32.2. The number of nitrogens with two attached hydrogens (primary N) is 1. The van der Waals surface area contributed by atoms with Gasteiger partial charge in [0.2, 0.25) is 20.0 Å². The summed E-state index contributed by atoms with van der Waals surface area (Å²) < 4.78 is 52.0. The molecule has 1 heterocycles. The molecule has 0 aromatic heterocycles. The molecule has 1 aromatic carbocycles. The third-order valence-corrected chi connectivity index (χ3v) is 7.28. The Kier molecular flexibility index (Phi) is 4.93. The van der Waals surface area contributed by atoms with Crippen molar-refractivity contribution < 1.29 is 16.8 Å². The van der Waals surface area contributed by atoms with Crippen LogP contribution >= 0.6 is 0 Å². The smallest absolute Gasteiger partial charge is 0.243 e. The fourth-order valence-electron chi connectivity index (χ4n) is 2.46. The molecule has 0 bridgehead atoms. The quantitative estimate of drug-likeness (QED) is 0.776. The molecular weight excluding hydrogens is 326 g/mol. The number of sulfonamides is 2. The first kappa shape index (κ1) is 17.4. The van der Waals surface area contributed by atoms with Gasteiger partial charge in [-0.15, -0.1) is 0 Å². The molecule has 2 atom stereocenters. The van der Waals surface area contributed by atoms with E-state index in [0.717, 1.165) is 6.42 Å². The molecule has 2 unspecified atom stereocenters. The minimum absolute atomic E-state index is 0.0313. The van der Waals surface area contributed by atoms with Crippen molar-refractivity contribution in [1.29, 1.82) is 0 Å². The molecule has 22 heavy (non-hydrogen) atoms. The van der Waals surface area contributed by atoms with Crippen molar-refractivity contribution in [3.8, 4) is 0 Å². The summed E-state index contributed by atoms with van der Waals surface area (Å²) in [7, 11) is -5.88. The Labute approximate surface area is 131 Å². The third kappa shape index (κ3) is 3.33. The predicted molar refractivity (Wildman–Crippen MR) is 83.2 cm³/mol. The molecule has 0 spiro atoms. The SMILES string of the molecule is CNS(=O)(=O)c1ccc(S(=O)(=O)N2CCC(C(C)N)C2)cc1. The number of benzene rings is 1. The van der Waals surface area contributed by atoms with Gasteiger partial charge in [-0.25, -0.2) is 21.6 Å². The summed E-state index contributed by atoms with van der Waals surface area (Å²) in [6, 6.07) is 5.16. The van der Waals surface area contributed by atoms with Crippen LogP contribution < -0.4 is 10.5 Å². The van der Waals surface area contributed by atoms with Crippen LogP contribution in [-0.4, -0.2) is 47.3 Å². The van der Waals surface area contributed by atoms with E-state index in [2.05, 4.69) is 4.72 Å². The predicted octanol–water partition coefficient (Wildman–Crippen LogP) is -0.0475. The highest BCUT2D eigenvalue weighted by molar-refractivity contribution is 7.89. The van der Waals surface area contributed by atoms with Crippen molar-refractivity contribution in [2.75, 3.05) is 20.1 Å². The van der Waals surface area contributed by atoms with E-state index in [-0.39, 0.29) is 21.8 Å². The molecule has 0 saturated carbocycles. The largest absolute Gasteiger partial charge is 0.328 e. The van der Waals surface area contributed by atoms with Gasteiger partial charge in [-0.3, -0.25) is 0 Å². The second kappa shape index (κ2) is 6.25. The summed E-state index contributed by atoms with van der Waals surface area (Å²) in [5.41, 5.74) is 5.83. The van der Waals surface area contributed by atoms with Gasteiger partial charge in [0.15, 0.2) is 0 Å². The molecule has 9 heteroatoms. The molecule has 0 aliphatic carbocycles. The van der Waals surface area contributed by atoms with E-state index in [1.54, 1.807) is 0 Å². The number of hydrogen-bond donors (Lipinski definition) is 2. The van der Waals surface area contributed by atoms with Crippen LogP contribution in [0, 0.1) is 5.92 Å². The zero-order valence-electron chi connectivity index (χ0n) is 12.6. The first-order chi connectivity index (χ1) is 10.2. The van der Waals surface area contributed by atoms with Gasteiger partial charge in [-0.1, -0.05) is 0 Å². The van der Waals surface area contributed by atoms with Gasteiger partial charge in [0, 0.05) is 19.1 Å². The lowest BCUT2D eigenvalue weighted by molar-refractivity contribution is 0.429. The number of nitrogens with zero attached hydrogens (tertiary/aromatic N) is 1. The van der Waals surface area contributed by atoms with Crippen LogP contribution in [0.1, 0.15) is 13.3 Å². The van der Waals surface area contributed by atoms with Crippen molar-refractivity contribution in [1.82, 2.24) is 9.03 Å². The first-order valence-electron chi connectivity index (χ1n) is 6.98. The molecule has 1 aromatic rings. The molecule has 2 rings (SSSR count). The highest BCUT2D eigenvalue weighted by Gasteiger charge is 2.34.